The van der Waals surface area contributed by atoms with E-state index in [4.69, 9.17) is 16.9 Å². The Morgan fingerprint density at radius 2 is 1.86 bits per heavy atom. The molecule has 0 unspecified atom stereocenters. The van der Waals surface area contributed by atoms with Crippen LogP contribution in [0.3, 0.4) is 0 Å². The number of nitrogens with one attached hydrogen (secondary N) is 1. The van der Waals surface area contributed by atoms with E-state index in [1.807, 2.05) is 0 Å². The molecule has 0 heterocycles. The van der Waals surface area contributed by atoms with E-state index in [0.717, 1.165) is 4.47 Å². The minimum atomic E-state index is -0.454. The Bertz CT molecular complexity index is 735. The summed E-state index contributed by atoms with van der Waals surface area (Å²) in [6, 6.07) is 15.4. The van der Waals surface area contributed by atoms with E-state index in [1.165, 1.54) is 0 Å². The third-order valence-electron chi connectivity index (χ3n) is 2.59. The second kappa shape index (κ2) is 7.02. The van der Waals surface area contributed by atoms with Crippen LogP contribution < -0.4 is 5.43 Å². The number of nitrogens with zero attached hydrogens (tertiary/aromatic N) is 2. The van der Waals surface area contributed by atoms with Crippen LogP contribution >= 0.6 is 27.5 Å². The van der Waals surface area contributed by atoms with Crippen LogP contribution in [0, 0.1) is 11.3 Å². The number of nitriles is 1. The van der Waals surface area contributed by atoms with Crippen LogP contribution in [-0.4, -0.2) is 11.5 Å². The zero-order chi connectivity index (χ0) is 15.2. The molecule has 0 aromatic heterocycles. The van der Waals surface area contributed by atoms with Gasteiger partial charge in [0, 0.05) is 10.0 Å². The molecule has 1 N–H and O–H groups in total. The highest BCUT2D eigenvalue weighted by molar-refractivity contribution is 9.10. The van der Waals surface area contributed by atoms with Gasteiger partial charge in [-0.05, 0) is 36.4 Å². The molecule has 0 radical (unpaired) electrons. The van der Waals surface area contributed by atoms with E-state index in [2.05, 4.69) is 26.5 Å². The summed E-state index contributed by atoms with van der Waals surface area (Å²) in [4.78, 5) is 12.2. The molecule has 2 rings (SSSR count). The number of benzene rings is 2. The van der Waals surface area contributed by atoms with Gasteiger partial charge in [-0.3, -0.25) is 10.2 Å². The zero-order valence-corrected chi connectivity index (χ0v) is 13.0. The summed E-state index contributed by atoms with van der Waals surface area (Å²) in [5.41, 5.74) is 3.30. The van der Waals surface area contributed by atoms with Crippen LogP contribution in [0.4, 0.5) is 5.69 Å². The van der Waals surface area contributed by atoms with Gasteiger partial charge in [-0.1, -0.05) is 39.7 Å². The van der Waals surface area contributed by atoms with Crippen LogP contribution in [0.25, 0.3) is 0 Å². The molecule has 21 heavy (non-hydrogen) atoms. The first kappa shape index (κ1) is 15.2. The van der Waals surface area contributed by atoms with Gasteiger partial charge in [0.1, 0.15) is 6.07 Å². The number of carbonyl (C=O) groups excluding carboxylic acids is 1. The fourth-order valence-corrected chi connectivity index (χ4v) is 1.97. The van der Waals surface area contributed by atoms with Crippen molar-refractivity contribution in [2.24, 2.45) is 5.10 Å². The molecule has 0 saturated carbocycles. The maximum absolute atomic E-state index is 12.2. The number of Topliss-reactive ketones (excluding diaryl/α,β-unsaturated/α-hetero) is 1. The van der Waals surface area contributed by atoms with Gasteiger partial charge in [-0.2, -0.15) is 10.4 Å². The minimum Gasteiger partial charge on any atom is -0.286 e. The molecule has 0 fully saturated rings. The van der Waals surface area contributed by atoms with Crippen molar-refractivity contribution in [1.82, 2.24) is 0 Å². The van der Waals surface area contributed by atoms with Gasteiger partial charge in [-0.15, -0.1) is 0 Å². The standard InChI is InChI=1S/C15H9BrClN3O/c16-11-7-5-10(6-8-11)15(21)14(9-18)20-19-13-4-2-1-3-12(13)17/h1-8,19H/b20-14-. The summed E-state index contributed by atoms with van der Waals surface area (Å²) < 4.78 is 0.851. The minimum absolute atomic E-state index is 0.239. The maximum atomic E-state index is 12.2. The molecule has 2 aromatic carbocycles. The van der Waals surface area contributed by atoms with Crippen molar-refractivity contribution in [3.63, 3.8) is 0 Å². The Balaban J connectivity index is 2.21. The Kier molecular flexibility index (Phi) is 5.09. The van der Waals surface area contributed by atoms with Gasteiger partial charge in [-0.25, -0.2) is 0 Å². The van der Waals surface area contributed by atoms with Gasteiger partial charge in [0.15, 0.2) is 0 Å². The van der Waals surface area contributed by atoms with Gasteiger partial charge in [0.05, 0.1) is 10.7 Å². The summed E-state index contributed by atoms with van der Waals surface area (Å²) >= 11 is 9.24. The third kappa shape index (κ3) is 3.91. The van der Waals surface area contributed by atoms with Crippen LogP contribution in [0.2, 0.25) is 5.02 Å². The Morgan fingerprint density at radius 1 is 1.19 bits per heavy atom. The first-order valence-electron chi connectivity index (χ1n) is 5.90. The van der Waals surface area contributed by atoms with Crippen LogP contribution in [0.15, 0.2) is 58.1 Å². The van der Waals surface area contributed by atoms with E-state index in [0.29, 0.717) is 16.3 Å². The number of hydrogen-bond donors (Lipinski definition) is 1. The molecular weight excluding hydrogens is 354 g/mol. The van der Waals surface area contributed by atoms with Crippen LogP contribution in [0.5, 0.6) is 0 Å². The number of rotatable bonds is 4. The molecule has 2 aromatic rings. The average Bonchev–Trinajstić information content (AvgIpc) is 2.50. The predicted molar refractivity (Wildman–Crippen MR) is 86.6 cm³/mol. The quantitative estimate of drug-likeness (QED) is 0.501. The number of hydrazone groups is 1. The molecule has 104 valence electrons. The highest BCUT2D eigenvalue weighted by atomic mass is 79.9. The molecule has 0 aliphatic carbocycles. The third-order valence-corrected chi connectivity index (χ3v) is 3.45. The largest absolute Gasteiger partial charge is 0.286 e. The molecule has 0 spiro atoms. The van der Waals surface area contributed by atoms with Crippen molar-refractivity contribution >= 4 is 44.7 Å². The summed E-state index contributed by atoms with van der Waals surface area (Å²) in [6.07, 6.45) is 0. The van der Waals surface area contributed by atoms with E-state index in [-0.39, 0.29) is 5.71 Å². The highest BCUT2D eigenvalue weighted by Crippen LogP contribution is 2.20. The molecule has 0 aliphatic rings. The lowest BCUT2D eigenvalue weighted by molar-refractivity contribution is 0.106. The maximum Gasteiger partial charge on any atom is 0.223 e. The van der Waals surface area contributed by atoms with Crippen molar-refractivity contribution in [1.29, 1.82) is 5.26 Å². The molecule has 0 bridgehead atoms. The average molecular weight is 363 g/mol. The van der Waals surface area contributed by atoms with Gasteiger partial charge < -0.3 is 0 Å². The summed E-state index contributed by atoms with van der Waals surface area (Å²) in [5.74, 6) is -0.454. The Hall–Kier alpha value is -2.16. The summed E-state index contributed by atoms with van der Waals surface area (Å²) in [6.45, 7) is 0. The molecule has 4 nitrogen and oxygen atoms in total. The smallest absolute Gasteiger partial charge is 0.223 e. The Morgan fingerprint density at radius 3 is 2.48 bits per heavy atom. The van der Waals surface area contributed by atoms with Crippen molar-refractivity contribution in [2.45, 2.75) is 0 Å². The highest BCUT2D eigenvalue weighted by Gasteiger charge is 2.14. The lowest BCUT2D eigenvalue weighted by Gasteiger charge is -2.03. The van der Waals surface area contributed by atoms with Gasteiger partial charge >= 0.3 is 0 Å². The zero-order valence-electron chi connectivity index (χ0n) is 10.7. The lowest BCUT2D eigenvalue weighted by Crippen LogP contribution is -2.14. The second-order valence-electron chi connectivity index (χ2n) is 4.00. The first-order valence-corrected chi connectivity index (χ1v) is 7.07. The van der Waals surface area contributed by atoms with E-state index < -0.39 is 5.78 Å². The van der Waals surface area contributed by atoms with Crippen molar-refractivity contribution in [3.05, 3.63) is 63.6 Å². The first-order chi connectivity index (χ1) is 10.1. The molecule has 0 amide bonds. The topological polar surface area (TPSA) is 65.2 Å². The van der Waals surface area contributed by atoms with Gasteiger partial charge in [0.25, 0.3) is 0 Å². The monoisotopic (exact) mass is 361 g/mol. The van der Waals surface area contributed by atoms with Crippen LogP contribution in [-0.2, 0) is 0 Å². The normalized spacial score (nSPS) is 10.8. The molecule has 0 atom stereocenters. The molecular formula is C15H9BrClN3O. The fourth-order valence-electron chi connectivity index (χ4n) is 1.53. The van der Waals surface area contributed by atoms with Crippen molar-refractivity contribution in [2.75, 3.05) is 5.43 Å². The predicted octanol–water partition coefficient (Wildman–Crippen LogP) is 4.28. The fraction of sp³-hybridized carbons (Fsp3) is 0. The number of hydrogen-bond acceptors (Lipinski definition) is 4. The van der Waals surface area contributed by atoms with Gasteiger partial charge in [0.2, 0.25) is 11.5 Å². The Labute approximate surface area is 135 Å². The molecule has 0 aliphatic heterocycles. The van der Waals surface area contributed by atoms with E-state index in [9.17, 15) is 4.79 Å². The number of carbonyl (C=O) groups is 1. The lowest BCUT2D eigenvalue weighted by atomic mass is 10.1. The molecule has 0 saturated heterocycles. The SMILES string of the molecule is N#C/C(=N/Nc1ccccc1Cl)C(=O)c1ccc(Br)cc1. The number of para-hydroxylation sites is 1. The number of ketones is 1. The second-order valence-corrected chi connectivity index (χ2v) is 5.32. The van der Waals surface area contributed by atoms with Crippen LogP contribution in [0.1, 0.15) is 10.4 Å². The van der Waals surface area contributed by atoms with E-state index >= 15 is 0 Å². The molecule has 6 heteroatoms. The van der Waals surface area contributed by atoms with E-state index in [1.54, 1.807) is 54.6 Å². The van der Waals surface area contributed by atoms with Crippen molar-refractivity contribution in [3.8, 4) is 6.07 Å². The summed E-state index contributed by atoms with van der Waals surface area (Å²) in [7, 11) is 0. The van der Waals surface area contributed by atoms with Crippen molar-refractivity contribution < 1.29 is 4.79 Å². The summed E-state index contributed by atoms with van der Waals surface area (Å²) in [5, 5.41) is 13.4. The number of anilines is 1. The number of halogens is 2.